The number of carbonyl (C=O) groups is 1. The average molecular weight is 784 g/mol. The van der Waals surface area contributed by atoms with Crippen LogP contribution in [0.2, 0.25) is 0 Å². The first kappa shape index (κ1) is 54.3. The zero-order valence-corrected chi connectivity index (χ0v) is 37.7. The summed E-state index contributed by atoms with van der Waals surface area (Å²) in [6, 6.07) is -0.644. The third-order valence-corrected chi connectivity index (χ3v) is 11.3. The predicted molar refractivity (Wildman–Crippen MR) is 248 cm³/mol. The number of rotatable bonds is 45. The molecule has 0 spiro atoms. The van der Waals surface area contributed by atoms with Crippen molar-refractivity contribution < 1.29 is 15.0 Å². The van der Waals surface area contributed by atoms with Gasteiger partial charge < -0.3 is 15.5 Å². The van der Waals surface area contributed by atoms with Crippen LogP contribution in [0.5, 0.6) is 0 Å². The molecule has 0 saturated heterocycles. The molecular weight excluding hydrogens is 687 g/mol. The van der Waals surface area contributed by atoms with Crippen molar-refractivity contribution >= 4 is 5.91 Å². The normalized spacial score (nSPS) is 13.3. The summed E-state index contributed by atoms with van der Waals surface area (Å²) in [5.41, 5.74) is 0. The first-order valence-corrected chi connectivity index (χ1v) is 24.9. The highest BCUT2D eigenvalue weighted by molar-refractivity contribution is 5.76. The highest BCUT2D eigenvalue weighted by Crippen LogP contribution is 2.15. The monoisotopic (exact) mass is 784 g/mol. The number of nitrogens with one attached hydrogen (secondary N) is 1. The van der Waals surface area contributed by atoms with Gasteiger partial charge >= 0.3 is 0 Å². The predicted octanol–water partition coefficient (Wildman–Crippen LogP) is 15.9. The number of amides is 1. The Labute approximate surface area is 350 Å². The Kier molecular flexibility index (Phi) is 46.3. The van der Waals surface area contributed by atoms with E-state index in [4.69, 9.17) is 0 Å². The zero-order valence-electron chi connectivity index (χ0n) is 37.7. The lowest BCUT2D eigenvalue weighted by Crippen LogP contribution is -2.45. The van der Waals surface area contributed by atoms with E-state index in [1.54, 1.807) is 6.08 Å². The Balaban J connectivity index is 3.60. The van der Waals surface area contributed by atoms with Gasteiger partial charge in [-0.3, -0.25) is 4.79 Å². The molecule has 0 aromatic carbocycles. The van der Waals surface area contributed by atoms with Gasteiger partial charge in [-0.25, -0.2) is 0 Å². The third-order valence-electron chi connectivity index (χ3n) is 11.3. The van der Waals surface area contributed by atoms with Crippen LogP contribution in [0.1, 0.15) is 258 Å². The van der Waals surface area contributed by atoms with Crippen LogP contribution in [-0.4, -0.2) is 34.9 Å². The summed E-state index contributed by atoms with van der Waals surface area (Å²) >= 11 is 0. The Morgan fingerprint density at radius 1 is 0.429 bits per heavy atom. The fourth-order valence-corrected chi connectivity index (χ4v) is 7.46. The highest BCUT2D eigenvalue weighted by atomic mass is 16.3. The van der Waals surface area contributed by atoms with Crippen LogP contribution in [0.3, 0.4) is 0 Å². The summed E-state index contributed by atoms with van der Waals surface area (Å²) in [6.07, 6.45) is 65.3. The van der Waals surface area contributed by atoms with E-state index in [1.807, 2.05) is 6.08 Å². The molecule has 0 radical (unpaired) electrons. The second kappa shape index (κ2) is 47.7. The van der Waals surface area contributed by atoms with Crippen LogP contribution in [0.25, 0.3) is 0 Å². The second-order valence-electron chi connectivity index (χ2n) is 16.9. The van der Waals surface area contributed by atoms with Crippen molar-refractivity contribution in [2.45, 2.75) is 270 Å². The molecule has 2 atom stereocenters. The first-order valence-electron chi connectivity index (χ1n) is 24.9. The number of hydrogen-bond acceptors (Lipinski definition) is 3. The molecule has 0 aromatic rings. The molecule has 0 aromatic heterocycles. The topological polar surface area (TPSA) is 69.6 Å². The summed E-state index contributed by atoms with van der Waals surface area (Å²) < 4.78 is 0. The van der Waals surface area contributed by atoms with Crippen molar-refractivity contribution in [2.75, 3.05) is 6.61 Å². The molecule has 0 heterocycles. The Morgan fingerprint density at radius 3 is 1.14 bits per heavy atom. The molecule has 1 amide bonds. The van der Waals surface area contributed by atoms with Crippen LogP contribution >= 0.6 is 0 Å². The molecule has 0 aliphatic carbocycles. The van der Waals surface area contributed by atoms with Gasteiger partial charge in [-0.05, 0) is 64.2 Å². The maximum absolute atomic E-state index is 12.4. The Bertz CT molecular complexity index is 893. The van der Waals surface area contributed by atoms with Crippen molar-refractivity contribution in [1.82, 2.24) is 5.32 Å². The molecule has 328 valence electrons. The molecule has 4 nitrogen and oxygen atoms in total. The number of unbranched alkanes of at least 4 members (excludes halogenated alkanes) is 32. The van der Waals surface area contributed by atoms with Crippen molar-refractivity contribution in [3.63, 3.8) is 0 Å². The lowest BCUT2D eigenvalue weighted by atomic mass is 10.0. The molecular formula is C52H97NO3. The molecule has 4 heteroatoms. The van der Waals surface area contributed by atoms with Crippen molar-refractivity contribution in [3.8, 4) is 0 Å². The minimum absolute atomic E-state index is 0.0802. The molecule has 3 N–H and O–H groups in total. The molecule has 2 unspecified atom stereocenters. The van der Waals surface area contributed by atoms with E-state index in [9.17, 15) is 15.0 Å². The summed E-state index contributed by atoms with van der Waals surface area (Å²) in [7, 11) is 0. The molecule has 56 heavy (non-hydrogen) atoms. The first-order chi connectivity index (χ1) is 27.7. The van der Waals surface area contributed by atoms with Gasteiger partial charge in [0.25, 0.3) is 0 Å². The van der Waals surface area contributed by atoms with Crippen LogP contribution < -0.4 is 5.32 Å². The number of aliphatic hydroxyl groups excluding tert-OH is 2. The largest absolute Gasteiger partial charge is 0.394 e. The SMILES string of the molecule is CCCCCCCCCCC/C=C\C/C=C\CCCCCCCCCC(=O)NC(CO)C(O)/C=C/CC/C=C/CCCCCCCCCCCCCCCCC. The van der Waals surface area contributed by atoms with Crippen LogP contribution in [-0.2, 0) is 4.79 Å². The van der Waals surface area contributed by atoms with Gasteiger partial charge in [0.15, 0.2) is 0 Å². The van der Waals surface area contributed by atoms with Gasteiger partial charge in [0.2, 0.25) is 5.91 Å². The summed E-state index contributed by atoms with van der Waals surface area (Å²) in [6.45, 7) is 4.31. The van der Waals surface area contributed by atoms with E-state index in [-0.39, 0.29) is 12.5 Å². The van der Waals surface area contributed by atoms with Gasteiger partial charge in [0, 0.05) is 6.42 Å². The Morgan fingerprint density at radius 2 is 0.750 bits per heavy atom. The maximum Gasteiger partial charge on any atom is 0.220 e. The quantitative estimate of drug-likeness (QED) is 0.0425. The van der Waals surface area contributed by atoms with Gasteiger partial charge in [0.1, 0.15) is 0 Å². The van der Waals surface area contributed by atoms with Crippen LogP contribution in [0, 0.1) is 0 Å². The number of allylic oxidation sites excluding steroid dienone is 7. The number of carbonyl (C=O) groups excluding carboxylic acids is 1. The van der Waals surface area contributed by atoms with E-state index in [0.29, 0.717) is 6.42 Å². The van der Waals surface area contributed by atoms with E-state index >= 15 is 0 Å². The van der Waals surface area contributed by atoms with Crippen molar-refractivity contribution in [2.24, 2.45) is 0 Å². The van der Waals surface area contributed by atoms with E-state index < -0.39 is 12.1 Å². The fourth-order valence-electron chi connectivity index (χ4n) is 7.46. The van der Waals surface area contributed by atoms with Crippen LogP contribution in [0.4, 0.5) is 0 Å². The third kappa shape index (κ3) is 43.5. The Hall–Kier alpha value is -1.65. The van der Waals surface area contributed by atoms with E-state index in [0.717, 1.165) is 44.9 Å². The second-order valence-corrected chi connectivity index (χ2v) is 16.9. The van der Waals surface area contributed by atoms with Crippen LogP contribution in [0.15, 0.2) is 48.6 Å². The van der Waals surface area contributed by atoms with E-state index in [1.165, 1.54) is 193 Å². The number of aliphatic hydroxyl groups is 2. The smallest absolute Gasteiger partial charge is 0.220 e. The minimum atomic E-state index is -0.867. The maximum atomic E-state index is 12.4. The zero-order chi connectivity index (χ0) is 40.7. The van der Waals surface area contributed by atoms with E-state index in [2.05, 4.69) is 55.6 Å². The minimum Gasteiger partial charge on any atom is -0.394 e. The van der Waals surface area contributed by atoms with Crippen molar-refractivity contribution in [1.29, 1.82) is 0 Å². The molecule has 0 bridgehead atoms. The van der Waals surface area contributed by atoms with Gasteiger partial charge in [0.05, 0.1) is 18.8 Å². The highest BCUT2D eigenvalue weighted by Gasteiger charge is 2.17. The lowest BCUT2D eigenvalue weighted by molar-refractivity contribution is -0.123. The molecule has 0 aliphatic rings. The van der Waals surface area contributed by atoms with Gasteiger partial charge in [-0.15, -0.1) is 0 Å². The fraction of sp³-hybridized carbons (Fsp3) is 0.827. The van der Waals surface area contributed by atoms with Gasteiger partial charge in [-0.2, -0.15) is 0 Å². The molecule has 0 fully saturated rings. The lowest BCUT2D eigenvalue weighted by Gasteiger charge is -2.19. The standard InChI is InChI=1S/C52H97NO3/c1-3-5-7-9-11-13-15-17-19-21-23-25-26-28-30-32-34-36-38-40-42-44-46-48-52(56)53-50(49-54)51(55)47-45-43-41-39-37-35-33-31-29-27-24-22-20-18-16-14-12-10-8-6-4-2/h23,25,28,30,37,39,45,47,50-51,54-55H,3-22,24,26-27,29,31-36,38,40-44,46,48-49H2,1-2H3,(H,53,56)/b25-23-,30-28-,39-37+,47-45+. The average Bonchev–Trinajstić information content (AvgIpc) is 3.20. The molecule has 0 rings (SSSR count). The summed E-state index contributed by atoms with van der Waals surface area (Å²) in [4.78, 5) is 12.4. The van der Waals surface area contributed by atoms with Gasteiger partial charge in [-0.1, -0.05) is 236 Å². The molecule has 0 saturated carbocycles. The van der Waals surface area contributed by atoms with Crippen molar-refractivity contribution in [3.05, 3.63) is 48.6 Å². The molecule has 0 aliphatic heterocycles. The summed E-state index contributed by atoms with van der Waals surface area (Å²) in [5, 5.41) is 23.1. The number of hydrogen-bond donors (Lipinski definition) is 3. The summed E-state index contributed by atoms with van der Waals surface area (Å²) in [5.74, 6) is -0.0802.